The van der Waals surface area contributed by atoms with Crippen LogP contribution in [0.15, 0.2) is 0 Å². The smallest absolute Gasteiger partial charge is 0.220 e. The van der Waals surface area contributed by atoms with Crippen molar-refractivity contribution in [3.05, 3.63) is 0 Å². The number of methoxy groups -OCH3 is 1. The molecule has 0 aromatic rings. The van der Waals surface area contributed by atoms with Crippen LogP contribution < -0.4 is 5.73 Å². The van der Waals surface area contributed by atoms with Crippen LogP contribution in [0.4, 0.5) is 0 Å². The third-order valence-corrected chi connectivity index (χ3v) is 2.30. The van der Waals surface area contributed by atoms with Crippen molar-refractivity contribution in [2.75, 3.05) is 7.11 Å². The van der Waals surface area contributed by atoms with Crippen LogP contribution in [-0.2, 0) is 14.3 Å². The molecule has 1 fully saturated rings. The molecule has 0 radical (unpaired) electrons. The van der Waals surface area contributed by atoms with Crippen molar-refractivity contribution < 1.29 is 29.6 Å². The van der Waals surface area contributed by atoms with Crippen LogP contribution in [0.3, 0.4) is 0 Å². The van der Waals surface area contributed by atoms with Crippen LogP contribution in [0.1, 0.15) is 6.42 Å². The van der Waals surface area contributed by atoms with Crippen molar-refractivity contribution in [3.63, 3.8) is 0 Å². The zero-order chi connectivity index (χ0) is 11.6. The third-order valence-electron chi connectivity index (χ3n) is 2.30. The first-order chi connectivity index (χ1) is 6.97. The van der Waals surface area contributed by atoms with Gasteiger partial charge in [0.05, 0.1) is 12.5 Å². The quantitative estimate of drug-likeness (QED) is 0.412. The van der Waals surface area contributed by atoms with E-state index in [1.165, 1.54) is 7.11 Å². The lowest BCUT2D eigenvalue weighted by Gasteiger charge is -2.39. The van der Waals surface area contributed by atoms with Crippen LogP contribution >= 0.6 is 0 Å². The van der Waals surface area contributed by atoms with Gasteiger partial charge in [-0.05, 0) is 0 Å². The van der Waals surface area contributed by atoms with Gasteiger partial charge in [0, 0.05) is 7.11 Å². The van der Waals surface area contributed by atoms with Crippen molar-refractivity contribution >= 4 is 5.91 Å². The number of rotatable bonds is 3. The Balaban J connectivity index is 2.69. The zero-order valence-electron chi connectivity index (χ0n) is 8.24. The molecule has 1 saturated heterocycles. The second kappa shape index (κ2) is 4.86. The van der Waals surface area contributed by atoms with E-state index in [0.29, 0.717) is 0 Å². The van der Waals surface area contributed by atoms with Gasteiger partial charge in [-0.3, -0.25) is 4.79 Å². The van der Waals surface area contributed by atoms with E-state index in [0.717, 1.165) is 0 Å². The van der Waals surface area contributed by atoms with Gasteiger partial charge in [-0.25, -0.2) is 0 Å². The van der Waals surface area contributed by atoms with Crippen molar-refractivity contribution in [2.45, 2.75) is 37.1 Å². The van der Waals surface area contributed by atoms with Crippen LogP contribution in [-0.4, -0.2) is 59.0 Å². The fourth-order valence-electron chi connectivity index (χ4n) is 1.48. The molecule has 0 spiro atoms. The average Bonchev–Trinajstić information content (AvgIpc) is 2.18. The van der Waals surface area contributed by atoms with Crippen LogP contribution in [0.25, 0.3) is 0 Å². The van der Waals surface area contributed by atoms with E-state index < -0.39 is 36.6 Å². The molecule has 1 unspecified atom stereocenters. The molecular formula is C8H15NO6. The fraction of sp³-hybridized carbons (Fsp3) is 0.875. The highest BCUT2D eigenvalue weighted by atomic mass is 16.7. The van der Waals surface area contributed by atoms with E-state index in [1.54, 1.807) is 0 Å². The summed E-state index contributed by atoms with van der Waals surface area (Å²) >= 11 is 0. The molecule has 1 aliphatic heterocycles. The number of carbonyl (C=O) groups is 1. The summed E-state index contributed by atoms with van der Waals surface area (Å²) in [7, 11) is 1.28. The molecule has 1 amide bonds. The predicted octanol–water partition coefficient (Wildman–Crippen LogP) is -2.68. The highest BCUT2D eigenvalue weighted by molar-refractivity contribution is 5.74. The van der Waals surface area contributed by atoms with Gasteiger partial charge >= 0.3 is 0 Å². The number of aliphatic hydroxyl groups excluding tert-OH is 3. The topological polar surface area (TPSA) is 122 Å². The number of hydrogen-bond acceptors (Lipinski definition) is 6. The molecule has 1 aliphatic rings. The molecule has 5 atom stereocenters. The molecular weight excluding hydrogens is 206 g/mol. The van der Waals surface area contributed by atoms with Crippen LogP contribution in [0, 0.1) is 0 Å². The standard InChI is InChI=1S/C8H15NO6/c1-14-8-7(13)6(12)5(11)3(15-8)2-4(9)10/h3,5-8,11-13H,2H2,1H3,(H2,9,10)/t3-,5?,6+,7+,8-/m1/s1. The van der Waals surface area contributed by atoms with Gasteiger partial charge in [0.2, 0.25) is 5.91 Å². The fourth-order valence-corrected chi connectivity index (χ4v) is 1.48. The van der Waals surface area contributed by atoms with Gasteiger partial charge in [0.1, 0.15) is 18.3 Å². The maximum absolute atomic E-state index is 10.6. The Hall–Kier alpha value is -0.730. The summed E-state index contributed by atoms with van der Waals surface area (Å²) in [4.78, 5) is 10.6. The van der Waals surface area contributed by atoms with Gasteiger partial charge in [0.15, 0.2) is 6.29 Å². The van der Waals surface area contributed by atoms with Crippen molar-refractivity contribution in [1.29, 1.82) is 0 Å². The van der Waals surface area contributed by atoms with Crippen molar-refractivity contribution in [2.24, 2.45) is 5.73 Å². The second-order valence-electron chi connectivity index (χ2n) is 3.42. The molecule has 15 heavy (non-hydrogen) atoms. The summed E-state index contributed by atoms with van der Waals surface area (Å²) in [6, 6.07) is 0. The van der Waals surface area contributed by atoms with Crippen LogP contribution in [0.5, 0.6) is 0 Å². The largest absolute Gasteiger partial charge is 0.388 e. The lowest BCUT2D eigenvalue weighted by Crippen LogP contribution is -2.58. The minimum Gasteiger partial charge on any atom is -0.388 e. The predicted molar refractivity (Wildman–Crippen MR) is 47.5 cm³/mol. The van der Waals surface area contributed by atoms with Crippen LogP contribution in [0.2, 0.25) is 0 Å². The Morgan fingerprint density at radius 2 is 1.93 bits per heavy atom. The van der Waals surface area contributed by atoms with E-state index in [-0.39, 0.29) is 6.42 Å². The van der Waals surface area contributed by atoms with E-state index >= 15 is 0 Å². The summed E-state index contributed by atoms with van der Waals surface area (Å²) in [5.41, 5.74) is 4.94. The first-order valence-electron chi connectivity index (χ1n) is 4.48. The minimum atomic E-state index is -1.42. The molecule has 1 heterocycles. The summed E-state index contributed by atoms with van der Waals surface area (Å²) in [6.45, 7) is 0. The molecule has 0 aliphatic carbocycles. The second-order valence-corrected chi connectivity index (χ2v) is 3.42. The summed E-state index contributed by atoms with van der Waals surface area (Å²) in [5, 5.41) is 28.3. The monoisotopic (exact) mass is 221 g/mol. The molecule has 88 valence electrons. The molecule has 0 aromatic heterocycles. The number of hydrogen-bond donors (Lipinski definition) is 4. The minimum absolute atomic E-state index is 0.245. The van der Waals surface area contributed by atoms with Gasteiger partial charge in [-0.15, -0.1) is 0 Å². The third kappa shape index (κ3) is 2.64. The van der Waals surface area contributed by atoms with Gasteiger partial charge in [-0.1, -0.05) is 0 Å². The number of primary amides is 1. The maximum Gasteiger partial charge on any atom is 0.220 e. The Kier molecular flexibility index (Phi) is 4.00. The molecule has 0 saturated carbocycles. The first kappa shape index (κ1) is 12.3. The Morgan fingerprint density at radius 1 is 1.33 bits per heavy atom. The number of ether oxygens (including phenoxy) is 2. The number of nitrogens with two attached hydrogens (primary N) is 1. The van der Waals surface area contributed by atoms with Gasteiger partial charge < -0.3 is 30.5 Å². The van der Waals surface area contributed by atoms with Crippen molar-refractivity contribution in [1.82, 2.24) is 0 Å². The summed E-state index contributed by atoms with van der Waals surface area (Å²) < 4.78 is 9.80. The van der Waals surface area contributed by atoms with E-state index in [9.17, 15) is 20.1 Å². The molecule has 0 aromatic carbocycles. The maximum atomic E-state index is 10.6. The van der Waals surface area contributed by atoms with Gasteiger partial charge in [-0.2, -0.15) is 0 Å². The molecule has 1 rings (SSSR count). The normalized spacial score (nSPS) is 41.5. The Morgan fingerprint density at radius 3 is 2.40 bits per heavy atom. The average molecular weight is 221 g/mol. The van der Waals surface area contributed by atoms with E-state index in [2.05, 4.69) is 0 Å². The molecule has 7 nitrogen and oxygen atoms in total. The molecule has 5 N–H and O–H groups in total. The summed E-state index contributed by atoms with van der Waals surface area (Å²) in [5.74, 6) is -0.669. The highest BCUT2D eigenvalue weighted by Gasteiger charge is 2.44. The lowest BCUT2D eigenvalue weighted by atomic mass is 9.97. The Bertz CT molecular complexity index is 233. The van der Waals surface area contributed by atoms with E-state index in [1.807, 2.05) is 0 Å². The van der Waals surface area contributed by atoms with Crippen molar-refractivity contribution in [3.8, 4) is 0 Å². The van der Waals surface area contributed by atoms with Gasteiger partial charge in [0.25, 0.3) is 0 Å². The Labute approximate surface area is 86.4 Å². The highest BCUT2D eigenvalue weighted by Crippen LogP contribution is 2.23. The number of amides is 1. The lowest BCUT2D eigenvalue weighted by molar-refractivity contribution is -0.289. The molecule has 0 bridgehead atoms. The number of aliphatic hydroxyl groups is 3. The zero-order valence-corrected chi connectivity index (χ0v) is 8.24. The number of carbonyl (C=O) groups excluding carboxylic acids is 1. The molecule has 7 heteroatoms. The summed E-state index contributed by atoms with van der Waals surface area (Å²) in [6.07, 6.45) is -6.43. The SMILES string of the molecule is CO[C@@H]1O[C@H](CC(N)=O)C(O)[C@H](O)[C@@H]1O. The first-order valence-corrected chi connectivity index (χ1v) is 4.48. The van der Waals surface area contributed by atoms with E-state index in [4.69, 9.17) is 15.2 Å².